The summed E-state index contributed by atoms with van der Waals surface area (Å²) in [5.74, 6) is -0.535. The molecule has 1 aromatic rings. The van der Waals surface area contributed by atoms with Gasteiger partial charge in [0.05, 0.1) is 18.9 Å². The molecule has 6 nitrogen and oxygen atoms in total. The van der Waals surface area contributed by atoms with Crippen LogP contribution in [0.5, 0.6) is 0 Å². The van der Waals surface area contributed by atoms with Gasteiger partial charge in [-0.2, -0.15) is 5.26 Å². The van der Waals surface area contributed by atoms with E-state index in [1.807, 2.05) is 6.07 Å². The second-order valence-electron chi connectivity index (χ2n) is 3.03. The Balaban J connectivity index is 1.91. The molecule has 2 heterocycles. The molecule has 1 atom stereocenters. The van der Waals surface area contributed by atoms with Crippen molar-refractivity contribution >= 4 is 11.9 Å². The lowest BCUT2D eigenvalue weighted by atomic mass is 10.4. The van der Waals surface area contributed by atoms with Crippen LogP contribution >= 0.6 is 0 Å². The van der Waals surface area contributed by atoms with Crippen molar-refractivity contribution < 1.29 is 14.0 Å². The molecule has 1 aliphatic heterocycles. The van der Waals surface area contributed by atoms with E-state index in [-0.39, 0.29) is 5.76 Å². The summed E-state index contributed by atoms with van der Waals surface area (Å²) >= 11 is 0. The van der Waals surface area contributed by atoms with E-state index in [2.05, 4.69) is 5.32 Å². The summed E-state index contributed by atoms with van der Waals surface area (Å²) in [6.07, 6.45) is 1.34. The molecule has 6 heteroatoms. The molecule has 1 aliphatic rings. The van der Waals surface area contributed by atoms with Gasteiger partial charge in [0.1, 0.15) is 6.04 Å². The van der Waals surface area contributed by atoms with Crippen molar-refractivity contribution in [3.8, 4) is 6.07 Å². The molecule has 15 heavy (non-hydrogen) atoms. The fourth-order valence-electron chi connectivity index (χ4n) is 1.11. The highest BCUT2D eigenvalue weighted by molar-refractivity contribution is 6.03. The van der Waals surface area contributed by atoms with Crippen molar-refractivity contribution in [3.05, 3.63) is 24.2 Å². The first-order chi connectivity index (χ1) is 7.22. The monoisotopic (exact) mass is 205 g/mol. The average Bonchev–Trinajstić information content (AvgIpc) is 2.82. The van der Waals surface area contributed by atoms with Crippen LogP contribution in [-0.2, 0) is 0 Å². The van der Waals surface area contributed by atoms with Gasteiger partial charge in [-0.1, -0.05) is 0 Å². The van der Waals surface area contributed by atoms with Gasteiger partial charge in [0.25, 0.3) is 5.91 Å². The standard InChI is InChI=1S/C9H7N3O3/c10-4-6-5-12(6)9(14)11-8(13)7-2-1-3-15-7/h1-3,6H,5H2,(H,11,13,14). The van der Waals surface area contributed by atoms with Gasteiger partial charge in [0.2, 0.25) is 0 Å². The number of amides is 3. The number of rotatable bonds is 1. The van der Waals surface area contributed by atoms with Crippen molar-refractivity contribution in [2.24, 2.45) is 0 Å². The second-order valence-corrected chi connectivity index (χ2v) is 3.03. The van der Waals surface area contributed by atoms with E-state index < -0.39 is 18.0 Å². The van der Waals surface area contributed by atoms with Crippen molar-refractivity contribution in [1.29, 1.82) is 5.26 Å². The Labute approximate surface area is 85.1 Å². The Morgan fingerprint density at radius 1 is 1.67 bits per heavy atom. The van der Waals surface area contributed by atoms with Crippen LogP contribution in [0.4, 0.5) is 4.79 Å². The smallest absolute Gasteiger partial charge is 0.325 e. The third-order valence-corrected chi connectivity index (χ3v) is 1.99. The third-order valence-electron chi connectivity index (χ3n) is 1.99. The van der Waals surface area contributed by atoms with E-state index in [0.717, 1.165) is 0 Å². The van der Waals surface area contributed by atoms with E-state index in [4.69, 9.17) is 9.68 Å². The van der Waals surface area contributed by atoms with Crippen molar-refractivity contribution in [3.63, 3.8) is 0 Å². The van der Waals surface area contributed by atoms with Gasteiger partial charge in [0, 0.05) is 0 Å². The highest BCUT2D eigenvalue weighted by Gasteiger charge is 2.39. The zero-order chi connectivity index (χ0) is 10.8. The Bertz CT molecular complexity index is 432. The van der Waals surface area contributed by atoms with Gasteiger partial charge in [-0.05, 0) is 12.1 Å². The summed E-state index contributed by atoms with van der Waals surface area (Å²) in [6.45, 7) is 0.369. The maximum atomic E-state index is 11.3. The molecule has 1 unspecified atom stereocenters. The van der Waals surface area contributed by atoms with Crippen LogP contribution in [0.1, 0.15) is 10.6 Å². The molecule has 1 fully saturated rings. The molecule has 2 rings (SSSR count). The first-order valence-electron chi connectivity index (χ1n) is 4.27. The van der Waals surface area contributed by atoms with Crippen molar-refractivity contribution in [1.82, 2.24) is 10.2 Å². The number of nitriles is 1. The lowest BCUT2D eigenvalue weighted by molar-refractivity contribution is 0.0933. The van der Waals surface area contributed by atoms with Gasteiger partial charge in [-0.15, -0.1) is 0 Å². The molecular formula is C9H7N3O3. The lowest BCUT2D eigenvalue weighted by Crippen LogP contribution is -2.34. The van der Waals surface area contributed by atoms with E-state index in [0.29, 0.717) is 6.54 Å². The first-order valence-corrected chi connectivity index (χ1v) is 4.27. The maximum absolute atomic E-state index is 11.3. The van der Waals surface area contributed by atoms with Gasteiger partial charge < -0.3 is 9.32 Å². The summed E-state index contributed by atoms with van der Waals surface area (Å²) < 4.78 is 4.80. The SMILES string of the molecule is N#CC1CN1C(=O)NC(=O)c1ccco1. The van der Waals surface area contributed by atoms with Crippen LogP contribution in [0.25, 0.3) is 0 Å². The second kappa shape index (κ2) is 3.46. The Morgan fingerprint density at radius 3 is 3.00 bits per heavy atom. The molecule has 0 bridgehead atoms. The minimum absolute atomic E-state index is 0.0682. The third kappa shape index (κ3) is 1.81. The Hall–Kier alpha value is -2.29. The van der Waals surface area contributed by atoms with Gasteiger partial charge >= 0.3 is 6.03 Å². The van der Waals surface area contributed by atoms with Crippen molar-refractivity contribution in [2.75, 3.05) is 6.54 Å². The Morgan fingerprint density at radius 2 is 2.47 bits per heavy atom. The van der Waals surface area contributed by atoms with E-state index in [1.165, 1.54) is 17.2 Å². The molecule has 1 saturated heterocycles. The van der Waals surface area contributed by atoms with Gasteiger partial charge in [0.15, 0.2) is 5.76 Å². The summed E-state index contributed by atoms with van der Waals surface area (Å²) in [7, 11) is 0. The first kappa shape index (κ1) is 9.27. The quantitative estimate of drug-likeness (QED) is 0.669. The molecule has 1 aromatic heterocycles. The molecule has 1 N–H and O–H groups in total. The molecule has 0 aliphatic carbocycles. The predicted molar refractivity (Wildman–Crippen MR) is 47.7 cm³/mol. The van der Waals surface area contributed by atoms with Crippen molar-refractivity contribution in [2.45, 2.75) is 6.04 Å². The maximum Gasteiger partial charge on any atom is 0.325 e. The minimum Gasteiger partial charge on any atom is -0.459 e. The predicted octanol–water partition coefficient (Wildman–Crippen LogP) is 0.337. The molecule has 0 saturated carbocycles. The number of nitrogens with one attached hydrogen (secondary N) is 1. The normalized spacial score (nSPS) is 18.1. The molecule has 0 spiro atoms. The number of urea groups is 1. The number of hydrogen-bond donors (Lipinski definition) is 1. The topological polar surface area (TPSA) is 86.1 Å². The number of hydrogen-bond acceptors (Lipinski definition) is 4. The van der Waals surface area contributed by atoms with Crippen LogP contribution in [0.2, 0.25) is 0 Å². The average molecular weight is 205 g/mol. The summed E-state index contributed by atoms with van der Waals surface area (Å²) in [5, 5.41) is 10.6. The van der Waals surface area contributed by atoms with Crippen LogP contribution in [0.15, 0.2) is 22.8 Å². The number of carbonyl (C=O) groups is 2. The van der Waals surface area contributed by atoms with Crippen LogP contribution in [0, 0.1) is 11.3 Å². The number of nitrogens with zero attached hydrogens (tertiary/aromatic N) is 2. The molecule has 0 radical (unpaired) electrons. The molecular weight excluding hydrogens is 198 g/mol. The zero-order valence-corrected chi connectivity index (χ0v) is 7.64. The molecule has 0 aromatic carbocycles. The molecule has 3 amide bonds. The van der Waals surface area contributed by atoms with E-state index >= 15 is 0 Å². The molecule has 76 valence electrons. The minimum atomic E-state index is -0.603. The Kier molecular flexibility index (Phi) is 2.14. The number of carbonyl (C=O) groups excluding carboxylic acids is 2. The van der Waals surface area contributed by atoms with Crippen LogP contribution in [-0.4, -0.2) is 29.4 Å². The highest BCUT2D eigenvalue weighted by Crippen LogP contribution is 2.15. The van der Waals surface area contributed by atoms with E-state index in [9.17, 15) is 9.59 Å². The number of furan rings is 1. The number of imide groups is 1. The van der Waals surface area contributed by atoms with E-state index in [1.54, 1.807) is 6.07 Å². The van der Waals surface area contributed by atoms with Gasteiger partial charge in [-0.25, -0.2) is 4.79 Å². The van der Waals surface area contributed by atoms with Crippen LogP contribution < -0.4 is 5.32 Å². The van der Waals surface area contributed by atoms with Crippen LogP contribution in [0.3, 0.4) is 0 Å². The highest BCUT2D eigenvalue weighted by atomic mass is 16.3. The summed E-state index contributed by atoms with van der Waals surface area (Å²) in [4.78, 5) is 23.8. The van der Waals surface area contributed by atoms with Gasteiger partial charge in [-0.3, -0.25) is 10.1 Å². The largest absolute Gasteiger partial charge is 0.459 e. The summed E-state index contributed by atoms with van der Waals surface area (Å²) in [5.41, 5.74) is 0. The summed E-state index contributed by atoms with van der Waals surface area (Å²) in [6, 6.07) is 3.94. The zero-order valence-electron chi connectivity index (χ0n) is 7.64. The lowest BCUT2D eigenvalue weighted by Gasteiger charge is -2.01. The fourth-order valence-corrected chi connectivity index (χ4v) is 1.11. The fraction of sp³-hybridized carbons (Fsp3) is 0.222.